The second-order valence-corrected chi connectivity index (χ2v) is 4.27. The van der Waals surface area contributed by atoms with Gasteiger partial charge in [-0.1, -0.05) is 6.07 Å². The number of ether oxygens (including phenoxy) is 2. The van der Waals surface area contributed by atoms with Crippen molar-refractivity contribution in [1.29, 1.82) is 0 Å². The molecule has 0 spiro atoms. The van der Waals surface area contributed by atoms with Gasteiger partial charge in [-0.15, -0.1) is 0 Å². The van der Waals surface area contributed by atoms with Gasteiger partial charge in [-0.3, -0.25) is 0 Å². The Balaban J connectivity index is 3.42. The molecule has 0 radical (unpaired) electrons. The van der Waals surface area contributed by atoms with Gasteiger partial charge < -0.3 is 15.2 Å². The molecule has 0 heterocycles. The molecule has 1 rings (SSSR count). The van der Waals surface area contributed by atoms with E-state index in [1.807, 2.05) is 32.9 Å². The first-order valence-corrected chi connectivity index (χ1v) is 4.92. The molecule has 0 saturated heterocycles. The predicted molar refractivity (Wildman–Crippen MR) is 61.5 cm³/mol. The molecule has 15 heavy (non-hydrogen) atoms. The van der Waals surface area contributed by atoms with Crippen LogP contribution in [0.15, 0.2) is 12.1 Å². The molecule has 0 bridgehead atoms. The lowest BCUT2D eigenvalue weighted by Crippen LogP contribution is -2.29. The van der Waals surface area contributed by atoms with Crippen molar-refractivity contribution < 1.29 is 9.47 Å². The first-order valence-electron chi connectivity index (χ1n) is 4.92. The van der Waals surface area contributed by atoms with Gasteiger partial charge in [-0.05, 0) is 32.4 Å². The fourth-order valence-corrected chi connectivity index (χ4v) is 1.58. The Morgan fingerprint density at radius 2 is 1.73 bits per heavy atom. The lowest BCUT2D eigenvalue weighted by molar-refractivity contribution is 0.343. The summed E-state index contributed by atoms with van der Waals surface area (Å²) in [6, 6.07) is 3.97. The van der Waals surface area contributed by atoms with Crippen molar-refractivity contribution in [1.82, 2.24) is 0 Å². The second-order valence-electron chi connectivity index (χ2n) is 4.27. The molecular formula is C12H19NO2. The minimum absolute atomic E-state index is 0.440. The third-order valence-electron chi connectivity index (χ3n) is 2.32. The predicted octanol–water partition coefficient (Wildman–Crippen LogP) is 2.21. The summed E-state index contributed by atoms with van der Waals surface area (Å²) in [5, 5.41) is 0. The molecule has 0 aromatic heterocycles. The van der Waals surface area contributed by atoms with Gasteiger partial charge in [0.05, 0.1) is 14.2 Å². The fourth-order valence-electron chi connectivity index (χ4n) is 1.58. The Labute approximate surface area is 91.2 Å². The molecule has 3 heteroatoms. The van der Waals surface area contributed by atoms with Crippen molar-refractivity contribution in [2.24, 2.45) is 5.73 Å². The van der Waals surface area contributed by atoms with Crippen LogP contribution in [0.25, 0.3) is 0 Å². The third-order valence-corrected chi connectivity index (χ3v) is 2.32. The van der Waals surface area contributed by atoms with E-state index in [2.05, 4.69) is 0 Å². The van der Waals surface area contributed by atoms with E-state index in [0.717, 1.165) is 22.6 Å². The minimum atomic E-state index is -0.440. The van der Waals surface area contributed by atoms with Gasteiger partial charge in [0, 0.05) is 11.1 Å². The van der Waals surface area contributed by atoms with E-state index in [1.165, 1.54) is 0 Å². The highest BCUT2D eigenvalue weighted by Crippen LogP contribution is 2.37. The first kappa shape index (κ1) is 11.9. The SMILES string of the molecule is COc1cc(C)cc(C(C)(C)N)c1OC. The summed E-state index contributed by atoms with van der Waals surface area (Å²) in [6.07, 6.45) is 0. The molecule has 1 aromatic carbocycles. The Morgan fingerprint density at radius 1 is 1.13 bits per heavy atom. The normalized spacial score (nSPS) is 11.3. The molecule has 0 fully saturated rings. The van der Waals surface area contributed by atoms with Crippen molar-refractivity contribution >= 4 is 0 Å². The van der Waals surface area contributed by atoms with Crippen LogP contribution in [0.4, 0.5) is 0 Å². The molecule has 3 nitrogen and oxygen atoms in total. The van der Waals surface area contributed by atoms with Gasteiger partial charge in [0.15, 0.2) is 11.5 Å². The number of benzene rings is 1. The summed E-state index contributed by atoms with van der Waals surface area (Å²) < 4.78 is 10.6. The summed E-state index contributed by atoms with van der Waals surface area (Å²) in [6.45, 7) is 5.91. The van der Waals surface area contributed by atoms with E-state index >= 15 is 0 Å². The minimum Gasteiger partial charge on any atom is -0.493 e. The van der Waals surface area contributed by atoms with Crippen molar-refractivity contribution in [3.05, 3.63) is 23.3 Å². The molecule has 84 valence electrons. The van der Waals surface area contributed by atoms with E-state index in [0.29, 0.717) is 0 Å². The highest BCUT2D eigenvalue weighted by atomic mass is 16.5. The molecule has 0 aliphatic heterocycles. The maximum absolute atomic E-state index is 6.09. The standard InChI is InChI=1S/C12H19NO2/c1-8-6-9(12(2,3)13)11(15-5)10(7-8)14-4/h6-7H,13H2,1-5H3. The van der Waals surface area contributed by atoms with Crippen LogP contribution < -0.4 is 15.2 Å². The van der Waals surface area contributed by atoms with E-state index in [9.17, 15) is 0 Å². The quantitative estimate of drug-likeness (QED) is 0.830. The van der Waals surface area contributed by atoms with Crippen molar-refractivity contribution in [2.45, 2.75) is 26.3 Å². The van der Waals surface area contributed by atoms with Crippen LogP contribution in [-0.4, -0.2) is 14.2 Å². The van der Waals surface area contributed by atoms with E-state index in [-0.39, 0.29) is 0 Å². The molecule has 0 atom stereocenters. The number of rotatable bonds is 3. The summed E-state index contributed by atoms with van der Waals surface area (Å²) in [7, 11) is 3.26. The molecule has 0 aliphatic carbocycles. The van der Waals surface area contributed by atoms with Crippen LogP contribution >= 0.6 is 0 Å². The zero-order valence-corrected chi connectivity index (χ0v) is 10.0. The highest BCUT2D eigenvalue weighted by molar-refractivity contribution is 5.51. The monoisotopic (exact) mass is 209 g/mol. The Hall–Kier alpha value is -1.22. The van der Waals surface area contributed by atoms with Crippen molar-refractivity contribution in [3.8, 4) is 11.5 Å². The third kappa shape index (κ3) is 2.42. The highest BCUT2D eigenvalue weighted by Gasteiger charge is 2.22. The maximum Gasteiger partial charge on any atom is 0.165 e. The first-order chi connectivity index (χ1) is 6.90. The molecule has 1 aromatic rings. The number of nitrogens with two attached hydrogens (primary N) is 1. The zero-order chi connectivity index (χ0) is 11.6. The molecule has 0 aliphatic rings. The molecule has 0 amide bonds. The zero-order valence-electron chi connectivity index (χ0n) is 10.0. The number of methoxy groups -OCH3 is 2. The summed E-state index contributed by atoms with van der Waals surface area (Å²) in [5.41, 5.74) is 7.72. The van der Waals surface area contributed by atoms with E-state index in [1.54, 1.807) is 14.2 Å². The van der Waals surface area contributed by atoms with Gasteiger partial charge >= 0.3 is 0 Å². The van der Waals surface area contributed by atoms with Crippen molar-refractivity contribution in [2.75, 3.05) is 14.2 Å². The molecular weight excluding hydrogens is 190 g/mol. The summed E-state index contributed by atoms with van der Waals surface area (Å²) in [5.74, 6) is 1.45. The van der Waals surface area contributed by atoms with Gasteiger partial charge in [0.2, 0.25) is 0 Å². The van der Waals surface area contributed by atoms with E-state index < -0.39 is 5.54 Å². The Bertz CT molecular complexity index is 353. The van der Waals surface area contributed by atoms with Crippen LogP contribution in [0, 0.1) is 6.92 Å². The van der Waals surface area contributed by atoms with Gasteiger partial charge in [0.1, 0.15) is 0 Å². The van der Waals surface area contributed by atoms with Gasteiger partial charge in [-0.2, -0.15) is 0 Å². The fraction of sp³-hybridized carbons (Fsp3) is 0.500. The number of hydrogen-bond donors (Lipinski definition) is 1. The van der Waals surface area contributed by atoms with Crippen LogP contribution in [-0.2, 0) is 5.54 Å². The summed E-state index contributed by atoms with van der Waals surface area (Å²) >= 11 is 0. The summed E-state index contributed by atoms with van der Waals surface area (Å²) in [4.78, 5) is 0. The topological polar surface area (TPSA) is 44.5 Å². The second kappa shape index (κ2) is 4.11. The van der Waals surface area contributed by atoms with Gasteiger partial charge in [0.25, 0.3) is 0 Å². The van der Waals surface area contributed by atoms with Crippen LogP contribution in [0.1, 0.15) is 25.0 Å². The van der Waals surface area contributed by atoms with Crippen molar-refractivity contribution in [3.63, 3.8) is 0 Å². The van der Waals surface area contributed by atoms with E-state index in [4.69, 9.17) is 15.2 Å². The average molecular weight is 209 g/mol. The smallest absolute Gasteiger partial charge is 0.165 e. The largest absolute Gasteiger partial charge is 0.493 e. The molecule has 0 saturated carbocycles. The van der Waals surface area contributed by atoms with Crippen LogP contribution in [0.5, 0.6) is 11.5 Å². The molecule has 0 unspecified atom stereocenters. The lowest BCUT2D eigenvalue weighted by atomic mass is 9.93. The number of aryl methyl sites for hydroxylation is 1. The maximum atomic E-state index is 6.09. The van der Waals surface area contributed by atoms with Crippen LogP contribution in [0.2, 0.25) is 0 Å². The van der Waals surface area contributed by atoms with Gasteiger partial charge in [-0.25, -0.2) is 0 Å². The Morgan fingerprint density at radius 3 is 2.13 bits per heavy atom. The number of hydrogen-bond acceptors (Lipinski definition) is 3. The Kier molecular flexibility index (Phi) is 3.25. The molecule has 2 N–H and O–H groups in total. The average Bonchev–Trinajstić information content (AvgIpc) is 2.15. The lowest BCUT2D eigenvalue weighted by Gasteiger charge is -2.24. The van der Waals surface area contributed by atoms with Crippen LogP contribution in [0.3, 0.4) is 0 Å².